The average Bonchev–Trinajstić information content (AvgIpc) is 2.93. The topological polar surface area (TPSA) is 15.3 Å². The van der Waals surface area contributed by atoms with Crippen molar-refractivity contribution in [2.45, 2.75) is 51.5 Å². The highest BCUT2D eigenvalue weighted by Gasteiger charge is 2.23. The molecule has 0 aromatic carbocycles. The van der Waals surface area contributed by atoms with Crippen LogP contribution >= 0.6 is 0 Å². The van der Waals surface area contributed by atoms with Gasteiger partial charge in [0, 0.05) is 12.6 Å². The molecule has 1 atom stereocenters. The van der Waals surface area contributed by atoms with Crippen LogP contribution in [0.3, 0.4) is 0 Å². The average molecular weight is 210 g/mol. The third-order valence-corrected chi connectivity index (χ3v) is 3.73. The standard InChI is InChI=1S/C13H26N2/c1-2-9-15(10-7-12-5-6-12)11-13-4-3-8-14-13/h12-14H,2-11H2,1H3. The van der Waals surface area contributed by atoms with Crippen molar-refractivity contribution < 1.29 is 0 Å². The Labute approximate surface area is 94.4 Å². The molecule has 1 saturated carbocycles. The molecule has 0 bridgehead atoms. The molecule has 1 N–H and O–H groups in total. The van der Waals surface area contributed by atoms with Crippen LogP contribution in [0.15, 0.2) is 0 Å². The van der Waals surface area contributed by atoms with Gasteiger partial charge in [-0.15, -0.1) is 0 Å². The monoisotopic (exact) mass is 210 g/mol. The quantitative estimate of drug-likeness (QED) is 0.693. The molecule has 1 saturated heterocycles. The summed E-state index contributed by atoms with van der Waals surface area (Å²) in [7, 11) is 0. The van der Waals surface area contributed by atoms with Gasteiger partial charge in [0.25, 0.3) is 0 Å². The largest absolute Gasteiger partial charge is 0.313 e. The van der Waals surface area contributed by atoms with Crippen molar-refractivity contribution in [3.05, 3.63) is 0 Å². The lowest BCUT2D eigenvalue weighted by atomic mass is 10.2. The van der Waals surface area contributed by atoms with Crippen LogP contribution < -0.4 is 5.32 Å². The summed E-state index contributed by atoms with van der Waals surface area (Å²) in [5, 5.41) is 3.61. The highest BCUT2D eigenvalue weighted by molar-refractivity contribution is 4.80. The minimum Gasteiger partial charge on any atom is -0.313 e. The molecule has 0 aromatic heterocycles. The van der Waals surface area contributed by atoms with Gasteiger partial charge in [-0.1, -0.05) is 19.8 Å². The van der Waals surface area contributed by atoms with E-state index in [0.717, 1.165) is 12.0 Å². The highest BCUT2D eigenvalue weighted by atomic mass is 15.1. The smallest absolute Gasteiger partial charge is 0.0195 e. The molecule has 2 aliphatic rings. The first-order valence-electron chi connectivity index (χ1n) is 6.84. The molecule has 0 spiro atoms. The van der Waals surface area contributed by atoms with E-state index >= 15 is 0 Å². The van der Waals surface area contributed by atoms with E-state index in [0.29, 0.717) is 0 Å². The number of hydrogen-bond donors (Lipinski definition) is 1. The van der Waals surface area contributed by atoms with Crippen LogP contribution in [0.25, 0.3) is 0 Å². The molecular formula is C13H26N2. The van der Waals surface area contributed by atoms with E-state index in [2.05, 4.69) is 17.1 Å². The van der Waals surface area contributed by atoms with Gasteiger partial charge < -0.3 is 10.2 Å². The summed E-state index contributed by atoms with van der Waals surface area (Å²) in [5.41, 5.74) is 0. The van der Waals surface area contributed by atoms with Crippen molar-refractivity contribution in [3.8, 4) is 0 Å². The van der Waals surface area contributed by atoms with E-state index < -0.39 is 0 Å². The summed E-state index contributed by atoms with van der Waals surface area (Å²) in [5.74, 6) is 1.08. The van der Waals surface area contributed by atoms with Crippen LogP contribution in [0.5, 0.6) is 0 Å². The van der Waals surface area contributed by atoms with Crippen LogP contribution in [-0.2, 0) is 0 Å². The van der Waals surface area contributed by atoms with Gasteiger partial charge in [0.15, 0.2) is 0 Å². The minimum absolute atomic E-state index is 0.788. The van der Waals surface area contributed by atoms with Crippen molar-refractivity contribution in [2.75, 3.05) is 26.2 Å². The molecule has 2 nitrogen and oxygen atoms in total. The number of rotatable bonds is 7. The summed E-state index contributed by atoms with van der Waals surface area (Å²) < 4.78 is 0. The van der Waals surface area contributed by atoms with Gasteiger partial charge in [-0.25, -0.2) is 0 Å². The second-order valence-electron chi connectivity index (χ2n) is 5.33. The first-order valence-corrected chi connectivity index (χ1v) is 6.84. The fourth-order valence-electron chi connectivity index (χ4n) is 2.61. The fourth-order valence-corrected chi connectivity index (χ4v) is 2.61. The molecule has 0 radical (unpaired) electrons. The van der Waals surface area contributed by atoms with Gasteiger partial charge in [0.05, 0.1) is 0 Å². The molecule has 0 amide bonds. The Morgan fingerprint density at radius 1 is 1.20 bits per heavy atom. The molecule has 1 unspecified atom stereocenters. The van der Waals surface area contributed by atoms with Crippen molar-refractivity contribution in [1.29, 1.82) is 0 Å². The van der Waals surface area contributed by atoms with E-state index in [1.54, 1.807) is 0 Å². The Kier molecular flexibility index (Phi) is 4.45. The third-order valence-electron chi connectivity index (χ3n) is 3.73. The lowest BCUT2D eigenvalue weighted by Crippen LogP contribution is -2.38. The van der Waals surface area contributed by atoms with Gasteiger partial charge >= 0.3 is 0 Å². The second kappa shape index (κ2) is 5.86. The third kappa shape index (κ3) is 4.12. The molecule has 1 heterocycles. The Hall–Kier alpha value is -0.0800. The summed E-state index contributed by atoms with van der Waals surface area (Å²) in [4.78, 5) is 2.68. The molecule has 1 aliphatic heterocycles. The molecule has 1 aliphatic carbocycles. The van der Waals surface area contributed by atoms with Gasteiger partial charge in [0.2, 0.25) is 0 Å². The molecule has 2 heteroatoms. The number of nitrogens with one attached hydrogen (secondary N) is 1. The second-order valence-corrected chi connectivity index (χ2v) is 5.33. The summed E-state index contributed by atoms with van der Waals surface area (Å²) >= 11 is 0. The van der Waals surface area contributed by atoms with E-state index in [4.69, 9.17) is 0 Å². The first kappa shape index (κ1) is 11.4. The lowest BCUT2D eigenvalue weighted by Gasteiger charge is -2.25. The summed E-state index contributed by atoms with van der Waals surface area (Å²) in [6, 6.07) is 0.788. The van der Waals surface area contributed by atoms with Crippen LogP contribution in [0.1, 0.15) is 45.4 Å². The molecule has 2 rings (SSSR count). The predicted octanol–water partition coefficient (Wildman–Crippen LogP) is 2.25. The zero-order valence-corrected chi connectivity index (χ0v) is 10.2. The van der Waals surface area contributed by atoms with E-state index in [1.807, 2.05) is 0 Å². The van der Waals surface area contributed by atoms with E-state index in [9.17, 15) is 0 Å². The van der Waals surface area contributed by atoms with Gasteiger partial charge in [-0.2, -0.15) is 0 Å². The number of hydrogen-bond acceptors (Lipinski definition) is 2. The van der Waals surface area contributed by atoms with Gasteiger partial charge in [-0.05, 0) is 51.2 Å². The minimum atomic E-state index is 0.788. The fraction of sp³-hybridized carbons (Fsp3) is 1.00. The zero-order valence-electron chi connectivity index (χ0n) is 10.2. The molecule has 15 heavy (non-hydrogen) atoms. The normalized spacial score (nSPS) is 26.4. The van der Waals surface area contributed by atoms with Gasteiger partial charge in [-0.3, -0.25) is 0 Å². The SMILES string of the molecule is CCCN(CCC1CC1)CC1CCCN1. The molecular weight excluding hydrogens is 184 g/mol. The molecule has 2 fully saturated rings. The zero-order chi connectivity index (χ0) is 10.5. The molecule has 0 aromatic rings. The first-order chi connectivity index (χ1) is 7.38. The van der Waals surface area contributed by atoms with E-state index in [1.165, 1.54) is 64.7 Å². The van der Waals surface area contributed by atoms with E-state index in [-0.39, 0.29) is 0 Å². The predicted molar refractivity (Wildman–Crippen MR) is 65.1 cm³/mol. The van der Waals surface area contributed by atoms with Gasteiger partial charge in [0.1, 0.15) is 0 Å². The number of nitrogens with zero attached hydrogens (tertiary/aromatic N) is 1. The van der Waals surface area contributed by atoms with Crippen molar-refractivity contribution in [3.63, 3.8) is 0 Å². The Bertz CT molecular complexity index is 171. The van der Waals surface area contributed by atoms with Crippen molar-refractivity contribution in [1.82, 2.24) is 10.2 Å². The van der Waals surface area contributed by atoms with Crippen LogP contribution in [-0.4, -0.2) is 37.1 Å². The molecule has 88 valence electrons. The Morgan fingerprint density at radius 3 is 2.67 bits per heavy atom. The lowest BCUT2D eigenvalue weighted by molar-refractivity contribution is 0.242. The van der Waals surface area contributed by atoms with Crippen LogP contribution in [0, 0.1) is 5.92 Å². The maximum absolute atomic E-state index is 3.61. The van der Waals surface area contributed by atoms with Crippen molar-refractivity contribution >= 4 is 0 Å². The van der Waals surface area contributed by atoms with Crippen molar-refractivity contribution in [2.24, 2.45) is 5.92 Å². The van der Waals surface area contributed by atoms with Crippen LogP contribution in [0.4, 0.5) is 0 Å². The summed E-state index contributed by atoms with van der Waals surface area (Å²) in [6.07, 6.45) is 8.53. The Balaban J connectivity index is 1.65. The highest BCUT2D eigenvalue weighted by Crippen LogP contribution is 2.32. The summed E-state index contributed by atoms with van der Waals surface area (Å²) in [6.45, 7) is 7.47. The Morgan fingerprint density at radius 2 is 2.07 bits per heavy atom. The maximum Gasteiger partial charge on any atom is 0.0195 e. The maximum atomic E-state index is 3.61. The van der Waals surface area contributed by atoms with Crippen LogP contribution in [0.2, 0.25) is 0 Å².